The average Bonchev–Trinajstić information content (AvgIpc) is 2.39. The number of nitrogens with zero attached hydrogens (tertiary/aromatic N) is 2. The summed E-state index contributed by atoms with van der Waals surface area (Å²) in [5, 5.41) is 8.77. The maximum Gasteiger partial charge on any atom is 0.243 e. The minimum Gasteiger partial charge on any atom is -0.399 e. The van der Waals surface area contributed by atoms with Crippen molar-refractivity contribution in [2.45, 2.75) is 11.0 Å². The number of nitriles is 1. The van der Waals surface area contributed by atoms with E-state index < -0.39 is 16.1 Å². The van der Waals surface area contributed by atoms with Crippen molar-refractivity contribution in [2.75, 3.05) is 25.4 Å². The lowest BCUT2D eigenvalue weighted by atomic mass is 10.3. The van der Waals surface area contributed by atoms with Gasteiger partial charge in [0.1, 0.15) is 0 Å². The van der Waals surface area contributed by atoms with Crippen molar-refractivity contribution >= 4 is 15.7 Å². The van der Waals surface area contributed by atoms with Crippen molar-refractivity contribution in [2.24, 2.45) is 0 Å². The van der Waals surface area contributed by atoms with Crippen LogP contribution in [0.15, 0.2) is 29.2 Å². The lowest BCUT2D eigenvalue weighted by Gasteiger charge is -2.28. The smallest absolute Gasteiger partial charge is 0.243 e. The van der Waals surface area contributed by atoms with E-state index in [1.807, 2.05) is 6.07 Å². The Bertz CT molecular complexity index is 562. The van der Waals surface area contributed by atoms with Gasteiger partial charge in [0.05, 0.1) is 24.1 Å². The Morgan fingerprint density at radius 3 is 2.67 bits per heavy atom. The van der Waals surface area contributed by atoms with Gasteiger partial charge in [-0.1, -0.05) is 0 Å². The molecule has 1 fully saturated rings. The van der Waals surface area contributed by atoms with Crippen LogP contribution in [0.1, 0.15) is 0 Å². The standard InChI is InChI=1S/C11H13N3O3S/c12-7-10-8-14(5-6-17-10)18(15,16)11-3-1-9(13)2-4-11/h1-4,10H,5-6,8,13H2. The van der Waals surface area contributed by atoms with E-state index in [4.69, 9.17) is 15.7 Å². The fraction of sp³-hybridized carbons (Fsp3) is 0.364. The maximum atomic E-state index is 12.3. The van der Waals surface area contributed by atoms with Gasteiger partial charge >= 0.3 is 0 Å². The van der Waals surface area contributed by atoms with E-state index in [1.165, 1.54) is 28.6 Å². The second-order valence-corrected chi connectivity index (χ2v) is 5.86. The van der Waals surface area contributed by atoms with E-state index in [0.717, 1.165) is 0 Å². The Morgan fingerprint density at radius 1 is 1.39 bits per heavy atom. The molecule has 0 aromatic heterocycles. The largest absolute Gasteiger partial charge is 0.399 e. The Hall–Kier alpha value is -1.62. The molecule has 0 saturated carbocycles. The first-order valence-corrected chi connectivity index (χ1v) is 6.85. The summed E-state index contributed by atoms with van der Waals surface area (Å²) in [6.07, 6.45) is -0.706. The fourth-order valence-corrected chi connectivity index (χ4v) is 3.14. The monoisotopic (exact) mass is 267 g/mol. The van der Waals surface area contributed by atoms with Crippen molar-refractivity contribution in [3.8, 4) is 6.07 Å². The molecule has 1 heterocycles. The average molecular weight is 267 g/mol. The molecule has 1 aliphatic heterocycles. The third-order valence-electron chi connectivity index (χ3n) is 2.69. The van der Waals surface area contributed by atoms with Crippen LogP contribution in [0.5, 0.6) is 0 Å². The molecule has 96 valence electrons. The SMILES string of the molecule is N#CC1CN(S(=O)(=O)c2ccc(N)cc2)CCO1. The van der Waals surface area contributed by atoms with Crippen LogP contribution in [0.4, 0.5) is 5.69 Å². The predicted molar refractivity (Wildman–Crippen MR) is 65.0 cm³/mol. The first-order valence-electron chi connectivity index (χ1n) is 5.41. The number of morpholine rings is 1. The van der Waals surface area contributed by atoms with Gasteiger partial charge in [0.2, 0.25) is 10.0 Å². The Morgan fingerprint density at radius 2 is 2.06 bits per heavy atom. The number of hydrogen-bond donors (Lipinski definition) is 1. The van der Waals surface area contributed by atoms with E-state index >= 15 is 0 Å². The first kappa shape index (κ1) is 12.8. The predicted octanol–water partition coefficient (Wildman–Crippen LogP) is 0.182. The third-order valence-corrected chi connectivity index (χ3v) is 4.57. The highest BCUT2D eigenvalue weighted by molar-refractivity contribution is 7.89. The summed E-state index contributed by atoms with van der Waals surface area (Å²) in [6.45, 7) is 0.542. The van der Waals surface area contributed by atoms with Gasteiger partial charge in [0.25, 0.3) is 0 Å². The van der Waals surface area contributed by atoms with Gasteiger partial charge in [-0.15, -0.1) is 0 Å². The number of anilines is 1. The molecule has 1 saturated heterocycles. The molecule has 1 aromatic rings. The Kier molecular flexibility index (Phi) is 3.52. The molecule has 6 nitrogen and oxygen atoms in total. The van der Waals surface area contributed by atoms with Gasteiger partial charge in [-0.2, -0.15) is 9.57 Å². The number of rotatable bonds is 2. The highest BCUT2D eigenvalue weighted by atomic mass is 32.2. The van der Waals surface area contributed by atoms with E-state index in [9.17, 15) is 8.42 Å². The molecule has 0 aliphatic carbocycles. The summed E-state index contributed by atoms with van der Waals surface area (Å²) in [4.78, 5) is 0.176. The molecule has 0 bridgehead atoms. The van der Waals surface area contributed by atoms with Crippen LogP contribution >= 0.6 is 0 Å². The number of nitrogens with two attached hydrogens (primary N) is 1. The lowest BCUT2D eigenvalue weighted by molar-refractivity contribution is 0.0311. The normalized spacial score (nSPS) is 21.4. The minimum absolute atomic E-state index is 0.0587. The zero-order valence-electron chi connectivity index (χ0n) is 9.61. The van der Waals surface area contributed by atoms with Crippen molar-refractivity contribution in [1.29, 1.82) is 5.26 Å². The maximum absolute atomic E-state index is 12.3. The fourth-order valence-electron chi connectivity index (χ4n) is 1.71. The molecule has 1 atom stereocenters. The molecular formula is C11H13N3O3S. The van der Waals surface area contributed by atoms with E-state index in [2.05, 4.69) is 0 Å². The summed E-state index contributed by atoms with van der Waals surface area (Å²) in [5.74, 6) is 0. The summed E-state index contributed by atoms with van der Waals surface area (Å²) < 4.78 is 30.9. The van der Waals surface area contributed by atoms with Crippen molar-refractivity contribution in [1.82, 2.24) is 4.31 Å². The second-order valence-electron chi connectivity index (χ2n) is 3.92. The number of benzene rings is 1. The highest BCUT2D eigenvalue weighted by Gasteiger charge is 2.30. The zero-order chi connectivity index (χ0) is 13.2. The summed E-state index contributed by atoms with van der Waals surface area (Å²) in [6, 6.07) is 7.91. The number of sulfonamides is 1. The molecule has 1 aliphatic rings. The van der Waals surface area contributed by atoms with E-state index in [-0.39, 0.29) is 24.6 Å². The first-order chi connectivity index (χ1) is 8.54. The van der Waals surface area contributed by atoms with E-state index in [0.29, 0.717) is 5.69 Å². The van der Waals surface area contributed by atoms with Crippen LogP contribution in [0.25, 0.3) is 0 Å². The summed E-state index contributed by atoms with van der Waals surface area (Å²) >= 11 is 0. The molecule has 2 rings (SSSR count). The quantitative estimate of drug-likeness (QED) is 0.771. The molecular weight excluding hydrogens is 254 g/mol. The van der Waals surface area contributed by atoms with Crippen LogP contribution in [0.2, 0.25) is 0 Å². The molecule has 18 heavy (non-hydrogen) atoms. The van der Waals surface area contributed by atoms with Crippen LogP contribution in [-0.2, 0) is 14.8 Å². The van der Waals surface area contributed by atoms with Gasteiger partial charge in [0.15, 0.2) is 6.10 Å². The van der Waals surface area contributed by atoms with Crippen LogP contribution in [0, 0.1) is 11.3 Å². The van der Waals surface area contributed by atoms with Crippen LogP contribution < -0.4 is 5.73 Å². The molecule has 2 N–H and O–H groups in total. The summed E-state index contributed by atoms with van der Waals surface area (Å²) in [7, 11) is -3.58. The van der Waals surface area contributed by atoms with Gasteiger partial charge < -0.3 is 10.5 Å². The molecule has 1 unspecified atom stereocenters. The van der Waals surface area contributed by atoms with Crippen molar-refractivity contribution < 1.29 is 13.2 Å². The molecule has 0 amide bonds. The number of nitrogen functional groups attached to an aromatic ring is 1. The third kappa shape index (κ3) is 2.46. The van der Waals surface area contributed by atoms with Gasteiger partial charge in [-0.25, -0.2) is 8.42 Å². The highest BCUT2D eigenvalue weighted by Crippen LogP contribution is 2.19. The molecule has 0 radical (unpaired) electrons. The van der Waals surface area contributed by atoms with E-state index in [1.54, 1.807) is 0 Å². The molecule has 7 heteroatoms. The minimum atomic E-state index is -3.58. The van der Waals surface area contributed by atoms with Crippen molar-refractivity contribution in [3.05, 3.63) is 24.3 Å². The molecule has 1 aromatic carbocycles. The second kappa shape index (κ2) is 4.94. The number of ether oxygens (including phenoxy) is 1. The Labute approximate surface area is 106 Å². The van der Waals surface area contributed by atoms with Gasteiger partial charge in [0, 0.05) is 12.2 Å². The Balaban J connectivity index is 2.26. The summed E-state index contributed by atoms with van der Waals surface area (Å²) in [5.41, 5.74) is 6.03. The number of hydrogen-bond acceptors (Lipinski definition) is 5. The zero-order valence-corrected chi connectivity index (χ0v) is 10.4. The van der Waals surface area contributed by atoms with Crippen LogP contribution in [0.3, 0.4) is 0 Å². The molecule has 0 spiro atoms. The van der Waals surface area contributed by atoms with Crippen LogP contribution in [-0.4, -0.2) is 38.5 Å². The van der Waals surface area contributed by atoms with Crippen molar-refractivity contribution in [3.63, 3.8) is 0 Å². The van der Waals surface area contributed by atoms with Gasteiger partial charge in [-0.3, -0.25) is 0 Å². The lowest BCUT2D eigenvalue weighted by Crippen LogP contribution is -2.44. The topological polar surface area (TPSA) is 96.4 Å². The van der Waals surface area contributed by atoms with Gasteiger partial charge in [-0.05, 0) is 24.3 Å².